The number of rotatable bonds is 5. The van der Waals surface area contributed by atoms with Crippen molar-refractivity contribution in [3.63, 3.8) is 0 Å². The normalized spacial score (nSPS) is 11.0. The van der Waals surface area contributed by atoms with E-state index in [-0.39, 0.29) is 5.97 Å². The van der Waals surface area contributed by atoms with Gasteiger partial charge in [-0.3, -0.25) is 4.98 Å². The van der Waals surface area contributed by atoms with Crippen molar-refractivity contribution in [2.24, 2.45) is 0 Å². The predicted octanol–water partition coefficient (Wildman–Crippen LogP) is 4.79. The molecular formula is C19H18N2O2S2. The maximum Gasteiger partial charge on any atom is 0.330 e. The van der Waals surface area contributed by atoms with Gasteiger partial charge >= 0.3 is 5.97 Å². The van der Waals surface area contributed by atoms with Gasteiger partial charge < -0.3 is 9.64 Å². The third-order valence-corrected chi connectivity index (χ3v) is 6.15. The Morgan fingerprint density at radius 1 is 1.12 bits per heavy atom. The van der Waals surface area contributed by atoms with E-state index in [1.165, 1.54) is 27.9 Å². The van der Waals surface area contributed by atoms with Crippen LogP contribution in [0.4, 0.5) is 5.00 Å². The van der Waals surface area contributed by atoms with Crippen LogP contribution < -0.4 is 4.90 Å². The molecule has 0 bridgehead atoms. The Morgan fingerprint density at radius 3 is 2.52 bits per heavy atom. The quantitative estimate of drug-likeness (QED) is 0.478. The van der Waals surface area contributed by atoms with E-state index in [0.717, 1.165) is 16.0 Å². The highest BCUT2D eigenvalue weighted by Gasteiger charge is 2.13. The summed E-state index contributed by atoms with van der Waals surface area (Å²) in [6, 6.07) is 10.4. The second-order valence-corrected chi connectivity index (χ2v) is 7.66. The van der Waals surface area contributed by atoms with Gasteiger partial charge in [0.2, 0.25) is 0 Å². The molecule has 0 N–H and O–H groups in total. The van der Waals surface area contributed by atoms with Crippen LogP contribution in [-0.4, -0.2) is 32.2 Å². The van der Waals surface area contributed by atoms with Gasteiger partial charge in [0.25, 0.3) is 0 Å². The molecule has 128 valence electrons. The molecule has 0 saturated heterocycles. The number of methoxy groups -OCH3 is 1. The summed E-state index contributed by atoms with van der Waals surface area (Å²) in [4.78, 5) is 21.1. The number of aromatic nitrogens is 1. The molecular weight excluding hydrogens is 352 g/mol. The minimum Gasteiger partial charge on any atom is -0.466 e. The van der Waals surface area contributed by atoms with E-state index in [9.17, 15) is 4.79 Å². The fourth-order valence-corrected chi connectivity index (χ4v) is 4.41. The number of carbonyl (C=O) groups excluding carboxylic acids is 1. The summed E-state index contributed by atoms with van der Waals surface area (Å²) >= 11 is 3.41. The molecule has 0 saturated carbocycles. The molecule has 3 rings (SSSR count). The average Bonchev–Trinajstić information content (AvgIpc) is 3.27. The fraction of sp³-hybridized carbons (Fsp3) is 0.158. The molecule has 6 heteroatoms. The number of hydrogen-bond donors (Lipinski definition) is 0. The first-order valence-electron chi connectivity index (χ1n) is 7.66. The molecule has 25 heavy (non-hydrogen) atoms. The molecule has 0 fully saturated rings. The maximum atomic E-state index is 11.5. The molecule has 0 amide bonds. The molecule has 0 spiro atoms. The number of esters is 1. The molecule has 0 aliphatic carbocycles. The van der Waals surface area contributed by atoms with E-state index in [0.29, 0.717) is 0 Å². The zero-order valence-corrected chi connectivity index (χ0v) is 15.9. The molecule has 0 atom stereocenters. The Hall–Kier alpha value is -2.44. The Labute approximate surface area is 155 Å². The van der Waals surface area contributed by atoms with Gasteiger partial charge in [0, 0.05) is 52.8 Å². The van der Waals surface area contributed by atoms with E-state index in [2.05, 4.69) is 28.1 Å². The Kier molecular flexibility index (Phi) is 5.31. The summed E-state index contributed by atoms with van der Waals surface area (Å²) in [6.07, 6.45) is 6.82. The number of thiophene rings is 2. The lowest BCUT2D eigenvalue weighted by Gasteiger charge is -2.06. The number of hydrogen-bond acceptors (Lipinski definition) is 6. The first-order chi connectivity index (χ1) is 12.1. The topological polar surface area (TPSA) is 42.4 Å². The minimum atomic E-state index is -0.360. The number of nitrogens with zero attached hydrogens (tertiary/aromatic N) is 2. The van der Waals surface area contributed by atoms with Crippen LogP contribution in [0.3, 0.4) is 0 Å². The minimum absolute atomic E-state index is 0.360. The zero-order chi connectivity index (χ0) is 17.8. The first kappa shape index (κ1) is 17.4. The monoisotopic (exact) mass is 370 g/mol. The van der Waals surface area contributed by atoms with Crippen molar-refractivity contribution in [1.29, 1.82) is 0 Å². The van der Waals surface area contributed by atoms with Crippen molar-refractivity contribution >= 4 is 39.7 Å². The molecule has 4 nitrogen and oxygen atoms in total. The summed E-state index contributed by atoms with van der Waals surface area (Å²) in [5, 5.41) is 1.21. The van der Waals surface area contributed by atoms with E-state index >= 15 is 0 Å². The van der Waals surface area contributed by atoms with Crippen molar-refractivity contribution in [3.05, 3.63) is 53.7 Å². The van der Waals surface area contributed by atoms with Gasteiger partial charge in [-0.25, -0.2) is 4.79 Å². The fourth-order valence-electron chi connectivity index (χ4n) is 2.32. The molecule has 0 aliphatic rings. The van der Waals surface area contributed by atoms with Crippen LogP contribution >= 0.6 is 22.7 Å². The van der Waals surface area contributed by atoms with Crippen LogP contribution in [0.15, 0.2) is 48.8 Å². The van der Waals surface area contributed by atoms with E-state index in [1.54, 1.807) is 35.1 Å². The third-order valence-electron chi connectivity index (χ3n) is 3.60. The van der Waals surface area contributed by atoms with Crippen LogP contribution in [-0.2, 0) is 9.53 Å². The van der Waals surface area contributed by atoms with Gasteiger partial charge in [-0.1, -0.05) is 0 Å². The lowest BCUT2D eigenvalue weighted by Crippen LogP contribution is -2.05. The van der Waals surface area contributed by atoms with Gasteiger partial charge in [0.15, 0.2) is 0 Å². The number of ether oxygens (including phenoxy) is 1. The summed E-state index contributed by atoms with van der Waals surface area (Å²) in [5.41, 5.74) is 2.16. The second-order valence-electron chi connectivity index (χ2n) is 5.51. The van der Waals surface area contributed by atoms with Crippen LogP contribution in [0.1, 0.15) is 4.88 Å². The second kappa shape index (κ2) is 7.63. The smallest absolute Gasteiger partial charge is 0.330 e. The van der Waals surface area contributed by atoms with Crippen molar-refractivity contribution in [3.8, 4) is 20.9 Å². The number of anilines is 1. The van der Waals surface area contributed by atoms with Crippen molar-refractivity contribution < 1.29 is 9.53 Å². The largest absolute Gasteiger partial charge is 0.466 e. The van der Waals surface area contributed by atoms with Gasteiger partial charge in [0.05, 0.1) is 12.1 Å². The van der Waals surface area contributed by atoms with Crippen molar-refractivity contribution in [2.45, 2.75) is 0 Å². The predicted molar refractivity (Wildman–Crippen MR) is 106 cm³/mol. The summed E-state index contributed by atoms with van der Waals surface area (Å²) in [7, 11) is 5.46. The maximum absolute atomic E-state index is 11.5. The van der Waals surface area contributed by atoms with Crippen LogP contribution in [0.2, 0.25) is 0 Å². The van der Waals surface area contributed by atoms with Gasteiger partial charge in [-0.15, -0.1) is 22.7 Å². The molecule has 0 radical (unpaired) electrons. The van der Waals surface area contributed by atoms with Gasteiger partial charge in [0.1, 0.15) is 0 Å². The SMILES string of the molecule is COC(=O)/C=C/c1sc(-c2ccc(N(C)C)s2)cc1-c1ccncc1. The van der Waals surface area contributed by atoms with Crippen molar-refractivity contribution in [2.75, 3.05) is 26.1 Å². The molecule has 0 unspecified atom stereocenters. The van der Waals surface area contributed by atoms with Gasteiger partial charge in [-0.05, 0) is 42.0 Å². The highest BCUT2D eigenvalue weighted by Crippen LogP contribution is 2.42. The summed E-state index contributed by atoms with van der Waals surface area (Å²) < 4.78 is 4.70. The molecule has 0 aromatic carbocycles. The number of pyridine rings is 1. The Balaban J connectivity index is 2.04. The van der Waals surface area contributed by atoms with Gasteiger partial charge in [-0.2, -0.15) is 0 Å². The highest BCUT2D eigenvalue weighted by molar-refractivity contribution is 7.24. The Bertz CT molecular complexity index is 895. The number of carbonyl (C=O) groups is 1. The van der Waals surface area contributed by atoms with E-state index in [4.69, 9.17) is 4.74 Å². The lowest BCUT2D eigenvalue weighted by atomic mass is 10.1. The molecule has 3 aromatic heterocycles. The highest BCUT2D eigenvalue weighted by atomic mass is 32.1. The van der Waals surface area contributed by atoms with E-state index in [1.807, 2.05) is 32.3 Å². The lowest BCUT2D eigenvalue weighted by molar-refractivity contribution is -0.134. The molecule has 3 aromatic rings. The van der Waals surface area contributed by atoms with Crippen molar-refractivity contribution in [1.82, 2.24) is 4.98 Å². The average molecular weight is 370 g/mol. The summed E-state index contributed by atoms with van der Waals surface area (Å²) in [6.45, 7) is 0. The first-order valence-corrected chi connectivity index (χ1v) is 9.29. The standard InChI is InChI=1S/C19H18N2O2S2/c1-21(2)18-6-4-16(25-18)17-12-14(13-8-10-20-11-9-13)15(24-17)5-7-19(22)23-3/h4-12H,1-3H3/b7-5+. The Morgan fingerprint density at radius 2 is 1.88 bits per heavy atom. The third kappa shape index (κ3) is 3.97. The molecule has 0 aliphatic heterocycles. The van der Waals surface area contributed by atoms with Crippen LogP contribution in [0.25, 0.3) is 27.0 Å². The van der Waals surface area contributed by atoms with Crippen LogP contribution in [0, 0.1) is 0 Å². The zero-order valence-electron chi connectivity index (χ0n) is 14.2. The van der Waals surface area contributed by atoms with E-state index < -0.39 is 0 Å². The van der Waals surface area contributed by atoms with Crippen LogP contribution in [0.5, 0.6) is 0 Å². The summed E-state index contributed by atoms with van der Waals surface area (Å²) in [5.74, 6) is -0.360. The molecule has 3 heterocycles.